The molecule has 0 unspecified atom stereocenters. The number of hydrogen-bond acceptors (Lipinski definition) is 3. The molecule has 1 saturated heterocycles. The minimum absolute atomic E-state index is 0.187. The molecule has 1 aliphatic carbocycles. The minimum Gasteiger partial charge on any atom is -0.314 e. The van der Waals surface area contributed by atoms with Crippen molar-refractivity contribution in [1.82, 2.24) is 14.8 Å². The van der Waals surface area contributed by atoms with Gasteiger partial charge >= 0.3 is 0 Å². The van der Waals surface area contributed by atoms with E-state index in [1.54, 1.807) is 0 Å². The summed E-state index contributed by atoms with van der Waals surface area (Å²) in [5.74, 6) is 0. The largest absolute Gasteiger partial charge is 0.314 e. The van der Waals surface area contributed by atoms with Gasteiger partial charge in [0.25, 0.3) is 10.2 Å². The lowest BCUT2D eigenvalue weighted by Gasteiger charge is -2.11. The van der Waals surface area contributed by atoms with E-state index in [4.69, 9.17) is 0 Å². The molecule has 0 aromatic heterocycles. The standard InChI is InChI=1S/C9H19N3O2S/c13-15(14,12-9-3-4-9)11-7-5-8-2-1-6-10-8/h8-12H,1-7H2/t8-/m0/s1. The Kier molecular flexibility index (Phi) is 3.60. The van der Waals surface area contributed by atoms with Gasteiger partial charge in [0, 0.05) is 18.6 Å². The van der Waals surface area contributed by atoms with E-state index in [-0.39, 0.29) is 6.04 Å². The second-order valence-electron chi connectivity index (χ2n) is 4.37. The molecule has 0 aromatic rings. The highest BCUT2D eigenvalue weighted by Crippen LogP contribution is 2.19. The zero-order valence-electron chi connectivity index (χ0n) is 8.83. The molecule has 1 saturated carbocycles. The molecule has 2 rings (SSSR count). The summed E-state index contributed by atoms with van der Waals surface area (Å²) in [5, 5.41) is 3.34. The van der Waals surface area contributed by atoms with Crippen molar-refractivity contribution in [2.45, 2.75) is 44.2 Å². The maximum Gasteiger partial charge on any atom is 0.277 e. The van der Waals surface area contributed by atoms with E-state index in [0.29, 0.717) is 12.6 Å². The van der Waals surface area contributed by atoms with Gasteiger partial charge in [0.2, 0.25) is 0 Å². The predicted octanol–water partition coefficient (Wildman–Crippen LogP) is -0.285. The first-order valence-electron chi connectivity index (χ1n) is 5.66. The summed E-state index contributed by atoms with van der Waals surface area (Å²) < 4.78 is 28.0. The molecule has 2 aliphatic rings. The average molecular weight is 233 g/mol. The Morgan fingerprint density at radius 3 is 2.67 bits per heavy atom. The Bertz CT molecular complexity index is 294. The van der Waals surface area contributed by atoms with Crippen molar-refractivity contribution in [3.63, 3.8) is 0 Å². The first-order chi connectivity index (χ1) is 7.16. The van der Waals surface area contributed by atoms with E-state index in [2.05, 4.69) is 14.8 Å². The summed E-state index contributed by atoms with van der Waals surface area (Å²) in [6.45, 7) is 1.59. The van der Waals surface area contributed by atoms with Crippen LogP contribution < -0.4 is 14.8 Å². The minimum atomic E-state index is -3.24. The van der Waals surface area contributed by atoms with E-state index in [9.17, 15) is 8.42 Å². The molecule has 2 fully saturated rings. The summed E-state index contributed by atoms with van der Waals surface area (Å²) in [6, 6.07) is 0.681. The molecular weight excluding hydrogens is 214 g/mol. The molecule has 0 radical (unpaired) electrons. The van der Waals surface area contributed by atoms with Crippen LogP contribution in [0.1, 0.15) is 32.1 Å². The fourth-order valence-corrected chi connectivity index (χ4v) is 2.98. The predicted molar refractivity (Wildman–Crippen MR) is 58.7 cm³/mol. The van der Waals surface area contributed by atoms with Gasteiger partial charge < -0.3 is 5.32 Å². The highest BCUT2D eigenvalue weighted by Gasteiger charge is 2.26. The van der Waals surface area contributed by atoms with Crippen molar-refractivity contribution >= 4 is 10.2 Å². The van der Waals surface area contributed by atoms with Crippen LogP contribution >= 0.6 is 0 Å². The van der Waals surface area contributed by atoms with Gasteiger partial charge in [-0.1, -0.05) is 0 Å². The smallest absolute Gasteiger partial charge is 0.277 e. The topological polar surface area (TPSA) is 70.2 Å². The van der Waals surface area contributed by atoms with E-state index in [1.165, 1.54) is 6.42 Å². The zero-order chi connectivity index (χ0) is 10.7. The molecule has 1 atom stereocenters. The highest BCUT2D eigenvalue weighted by molar-refractivity contribution is 7.87. The maximum atomic E-state index is 11.4. The van der Waals surface area contributed by atoms with Crippen molar-refractivity contribution in [3.05, 3.63) is 0 Å². The molecule has 5 nitrogen and oxygen atoms in total. The Labute approximate surface area is 91.2 Å². The van der Waals surface area contributed by atoms with Gasteiger partial charge in [-0.2, -0.15) is 13.1 Å². The van der Waals surface area contributed by atoms with Gasteiger partial charge in [-0.25, -0.2) is 4.72 Å². The van der Waals surface area contributed by atoms with Crippen molar-refractivity contribution in [1.29, 1.82) is 0 Å². The lowest BCUT2D eigenvalue weighted by Crippen LogP contribution is -2.39. The van der Waals surface area contributed by atoms with Gasteiger partial charge in [-0.3, -0.25) is 0 Å². The van der Waals surface area contributed by atoms with Crippen LogP contribution in [-0.2, 0) is 10.2 Å². The number of rotatable bonds is 6. The van der Waals surface area contributed by atoms with Crippen molar-refractivity contribution in [2.75, 3.05) is 13.1 Å². The van der Waals surface area contributed by atoms with Gasteiger partial charge in [0.15, 0.2) is 0 Å². The third-order valence-corrected chi connectivity index (χ3v) is 4.07. The summed E-state index contributed by atoms with van der Waals surface area (Å²) in [7, 11) is -3.24. The molecular formula is C9H19N3O2S. The normalized spacial score (nSPS) is 27.1. The van der Waals surface area contributed by atoms with Crippen LogP contribution in [0, 0.1) is 0 Å². The molecule has 0 aromatic carbocycles. The fraction of sp³-hybridized carbons (Fsp3) is 1.00. The van der Waals surface area contributed by atoms with E-state index < -0.39 is 10.2 Å². The molecule has 3 N–H and O–H groups in total. The maximum absolute atomic E-state index is 11.4. The second kappa shape index (κ2) is 4.78. The highest BCUT2D eigenvalue weighted by atomic mass is 32.2. The van der Waals surface area contributed by atoms with Crippen LogP contribution in [0.5, 0.6) is 0 Å². The Morgan fingerprint density at radius 2 is 2.07 bits per heavy atom. The summed E-state index contributed by atoms with van der Waals surface area (Å²) >= 11 is 0. The monoisotopic (exact) mass is 233 g/mol. The molecule has 88 valence electrons. The SMILES string of the molecule is O=S(=O)(NCC[C@@H]1CCCN1)NC1CC1. The van der Waals surface area contributed by atoms with E-state index in [0.717, 1.165) is 32.2 Å². The second-order valence-corrected chi connectivity index (χ2v) is 5.90. The first kappa shape index (κ1) is 11.3. The van der Waals surface area contributed by atoms with Crippen LogP contribution in [-0.4, -0.2) is 33.6 Å². The summed E-state index contributed by atoms with van der Waals surface area (Å²) in [4.78, 5) is 0. The fourth-order valence-electron chi connectivity index (χ4n) is 1.83. The zero-order valence-corrected chi connectivity index (χ0v) is 9.65. The molecule has 1 heterocycles. The van der Waals surface area contributed by atoms with Crippen LogP contribution in [0.2, 0.25) is 0 Å². The quantitative estimate of drug-likeness (QED) is 0.591. The van der Waals surface area contributed by atoms with E-state index in [1.807, 2.05) is 0 Å². The molecule has 0 amide bonds. The third kappa shape index (κ3) is 4.06. The van der Waals surface area contributed by atoms with Crippen LogP contribution in [0.3, 0.4) is 0 Å². The molecule has 0 spiro atoms. The van der Waals surface area contributed by atoms with Gasteiger partial charge in [0.05, 0.1) is 0 Å². The van der Waals surface area contributed by atoms with Crippen molar-refractivity contribution in [2.24, 2.45) is 0 Å². The van der Waals surface area contributed by atoms with Crippen molar-refractivity contribution in [3.8, 4) is 0 Å². The lowest BCUT2D eigenvalue weighted by atomic mass is 10.2. The van der Waals surface area contributed by atoms with Gasteiger partial charge in [-0.15, -0.1) is 0 Å². The van der Waals surface area contributed by atoms with Crippen LogP contribution in [0.15, 0.2) is 0 Å². The van der Waals surface area contributed by atoms with Crippen LogP contribution in [0.4, 0.5) is 0 Å². The summed E-state index contributed by atoms with van der Waals surface area (Å²) in [5.41, 5.74) is 0. The molecule has 15 heavy (non-hydrogen) atoms. The Hall–Kier alpha value is -0.170. The van der Waals surface area contributed by atoms with Gasteiger partial charge in [0.1, 0.15) is 0 Å². The summed E-state index contributed by atoms with van der Waals surface area (Å²) in [6.07, 6.45) is 5.21. The van der Waals surface area contributed by atoms with E-state index >= 15 is 0 Å². The van der Waals surface area contributed by atoms with Crippen molar-refractivity contribution < 1.29 is 8.42 Å². The lowest BCUT2D eigenvalue weighted by molar-refractivity contribution is 0.533. The Morgan fingerprint density at radius 1 is 1.27 bits per heavy atom. The van der Waals surface area contributed by atoms with Gasteiger partial charge in [-0.05, 0) is 38.6 Å². The number of hydrogen-bond donors (Lipinski definition) is 3. The molecule has 6 heteroatoms. The Balaban J connectivity index is 1.63. The third-order valence-electron chi connectivity index (χ3n) is 2.85. The molecule has 0 bridgehead atoms. The van der Waals surface area contributed by atoms with Crippen LogP contribution in [0.25, 0.3) is 0 Å². The number of nitrogens with one attached hydrogen (secondary N) is 3. The molecule has 1 aliphatic heterocycles. The average Bonchev–Trinajstić information content (AvgIpc) is 2.81. The first-order valence-corrected chi connectivity index (χ1v) is 7.14.